The van der Waals surface area contributed by atoms with Gasteiger partial charge in [0.25, 0.3) is 0 Å². The summed E-state index contributed by atoms with van der Waals surface area (Å²) in [4.78, 5) is 11.3. The van der Waals surface area contributed by atoms with Gasteiger partial charge in [0, 0.05) is 11.9 Å². The fourth-order valence-corrected chi connectivity index (χ4v) is 5.42. The van der Waals surface area contributed by atoms with Crippen LogP contribution in [-0.2, 0) is 4.79 Å². The summed E-state index contributed by atoms with van der Waals surface area (Å²) >= 11 is 0. The number of hydrogen-bond acceptors (Lipinski definition) is 8. The molecule has 22 heavy (non-hydrogen) atoms. The Morgan fingerprint density at radius 2 is 1.86 bits per heavy atom. The second kappa shape index (κ2) is 9.31. The summed E-state index contributed by atoms with van der Waals surface area (Å²) in [5.74, 6) is -0.607. The van der Waals surface area contributed by atoms with Crippen LogP contribution in [-0.4, -0.2) is 57.6 Å². The maximum atomic E-state index is 11.7. The zero-order valence-electron chi connectivity index (χ0n) is 12.5. The molecule has 0 saturated carbocycles. The first-order valence-corrected chi connectivity index (χ1v) is 10.1. The summed E-state index contributed by atoms with van der Waals surface area (Å²) in [6.45, 7) is 1.02. The molecule has 2 rings (SSSR count). The van der Waals surface area contributed by atoms with Gasteiger partial charge in [-0.25, -0.2) is 0 Å². The quantitative estimate of drug-likeness (QED) is 0.668. The third kappa shape index (κ3) is 5.55. The highest BCUT2D eigenvalue weighted by Crippen LogP contribution is 2.34. The lowest BCUT2D eigenvalue weighted by Gasteiger charge is -2.42. The molecule has 9 heteroatoms. The fourth-order valence-electron chi connectivity index (χ4n) is 2.65. The molecule has 2 aliphatic heterocycles. The summed E-state index contributed by atoms with van der Waals surface area (Å²) in [5, 5.41) is 37.6. The standard InChI is InChI=1S/C13H23N3O4S2/c17-13(18)10(14-11-5-1-3-7-15(11)19)9-21-22-12-6-2-4-8-16(12)20/h10-12,14H,1-9H2,(H,17,18)/q-2/t10-,11?,12?/m0/s1. The van der Waals surface area contributed by atoms with Gasteiger partial charge in [-0.05, 0) is 51.6 Å². The van der Waals surface area contributed by atoms with Crippen LogP contribution in [0, 0.1) is 10.4 Å². The van der Waals surface area contributed by atoms with Gasteiger partial charge in [0.05, 0.1) is 5.37 Å². The predicted molar refractivity (Wildman–Crippen MR) is 90.0 cm³/mol. The van der Waals surface area contributed by atoms with Crippen molar-refractivity contribution in [2.24, 2.45) is 0 Å². The molecule has 0 radical (unpaired) electrons. The number of nitrogens with zero attached hydrogens (tertiary/aromatic N) is 2. The molecule has 0 aromatic rings. The highest BCUT2D eigenvalue weighted by molar-refractivity contribution is 8.76. The smallest absolute Gasteiger partial charge is 0.321 e. The molecule has 0 spiro atoms. The Hall–Kier alpha value is -0.0300. The van der Waals surface area contributed by atoms with Crippen molar-refractivity contribution in [3.8, 4) is 0 Å². The average Bonchev–Trinajstić information content (AvgIpc) is 2.50. The topological polar surface area (TPSA) is 102 Å². The molecular weight excluding hydrogens is 326 g/mol. The van der Waals surface area contributed by atoms with E-state index < -0.39 is 18.2 Å². The van der Waals surface area contributed by atoms with Gasteiger partial charge in [0.1, 0.15) is 6.04 Å². The number of hydroxylamine groups is 4. The van der Waals surface area contributed by atoms with Crippen LogP contribution in [0.1, 0.15) is 38.5 Å². The van der Waals surface area contributed by atoms with Gasteiger partial charge in [-0.1, -0.05) is 21.6 Å². The van der Waals surface area contributed by atoms with Crippen molar-refractivity contribution in [3.05, 3.63) is 10.4 Å². The molecule has 0 aromatic heterocycles. The maximum absolute atomic E-state index is 11.7. The zero-order chi connectivity index (χ0) is 15.9. The Kier molecular flexibility index (Phi) is 7.75. The molecule has 3 atom stereocenters. The van der Waals surface area contributed by atoms with E-state index in [0.717, 1.165) is 42.2 Å². The van der Waals surface area contributed by atoms with Crippen molar-refractivity contribution >= 4 is 27.6 Å². The lowest BCUT2D eigenvalue weighted by Crippen LogP contribution is -2.53. The van der Waals surface area contributed by atoms with Gasteiger partial charge >= 0.3 is 5.97 Å². The van der Waals surface area contributed by atoms with Crippen LogP contribution in [0.15, 0.2) is 0 Å². The van der Waals surface area contributed by atoms with E-state index in [0.29, 0.717) is 25.3 Å². The first kappa shape index (κ1) is 18.3. The lowest BCUT2D eigenvalue weighted by molar-refractivity contribution is -0.139. The van der Waals surface area contributed by atoms with Crippen LogP contribution in [0.25, 0.3) is 0 Å². The molecular formula is C13H23N3O4S2-2. The molecule has 7 nitrogen and oxygen atoms in total. The van der Waals surface area contributed by atoms with Crippen molar-refractivity contribution in [2.45, 2.75) is 56.1 Å². The Labute approximate surface area is 138 Å². The number of nitrogens with one attached hydrogen (secondary N) is 1. The van der Waals surface area contributed by atoms with Crippen molar-refractivity contribution < 1.29 is 9.90 Å². The molecule has 2 heterocycles. The number of aliphatic carboxylic acids is 1. The van der Waals surface area contributed by atoms with E-state index in [4.69, 9.17) is 0 Å². The summed E-state index contributed by atoms with van der Waals surface area (Å²) < 4.78 is 0. The molecule has 0 aliphatic carbocycles. The number of carbonyl (C=O) groups is 1. The molecule has 0 bridgehead atoms. The fraction of sp³-hybridized carbons (Fsp3) is 0.923. The van der Waals surface area contributed by atoms with Crippen LogP contribution in [0.5, 0.6) is 0 Å². The zero-order valence-corrected chi connectivity index (χ0v) is 14.1. The molecule has 128 valence electrons. The highest BCUT2D eigenvalue weighted by atomic mass is 33.1. The maximum Gasteiger partial charge on any atom is 0.321 e. The summed E-state index contributed by atoms with van der Waals surface area (Å²) in [6, 6.07) is -0.763. The van der Waals surface area contributed by atoms with Crippen molar-refractivity contribution in [1.29, 1.82) is 0 Å². The van der Waals surface area contributed by atoms with Crippen molar-refractivity contribution in [3.63, 3.8) is 0 Å². The third-order valence-electron chi connectivity index (χ3n) is 3.96. The monoisotopic (exact) mass is 349 g/mol. The second-order valence-electron chi connectivity index (χ2n) is 5.68. The van der Waals surface area contributed by atoms with E-state index >= 15 is 0 Å². The molecule has 2 saturated heterocycles. The van der Waals surface area contributed by atoms with Crippen LogP contribution in [0.2, 0.25) is 0 Å². The normalized spacial score (nSPS) is 29.4. The van der Waals surface area contributed by atoms with E-state index in [1.54, 1.807) is 0 Å². The second-order valence-corrected chi connectivity index (χ2v) is 8.27. The van der Waals surface area contributed by atoms with Crippen molar-refractivity contribution in [2.75, 3.05) is 18.8 Å². The van der Waals surface area contributed by atoms with Gasteiger partial charge in [-0.3, -0.25) is 10.1 Å². The Balaban J connectivity index is 1.75. The van der Waals surface area contributed by atoms with Crippen LogP contribution >= 0.6 is 21.6 Å². The summed E-state index contributed by atoms with van der Waals surface area (Å²) in [6.07, 6.45) is 4.91. The minimum atomic E-state index is -0.949. The summed E-state index contributed by atoms with van der Waals surface area (Å²) in [5.41, 5.74) is 0. The minimum Gasteiger partial charge on any atom is -0.784 e. The minimum absolute atomic E-state index is 0.0844. The molecule has 2 unspecified atom stereocenters. The van der Waals surface area contributed by atoms with Crippen LogP contribution in [0.4, 0.5) is 0 Å². The van der Waals surface area contributed by atoms with E-state index in [1.165, 1.54) is 21.6 Å². The number of piperidine rings is 2. The van der Waals surface area contributed by atoms with E-state index in [1.807, 2.05) is 0 Å². The molecule has 2 N–H and O–H groups in total. The Bertz CT molecular complexity index is 364. The Morgan fingerprint density at radius 1 is 1.18 bits per heavy atom. The lowest BCUT2D eigenvalue weighted by atomic mass is 10.1. The SMILES string of the molecule is O=C(O)[C@H](CSSC1CCCCN1[O-])NC1CCCCN1[O-]. The van der Waals surface area contributed by atoms with Crippen LogP contribution < -0.4 is 5.32 Å². The van der Waals surface area contributed by atoms with Gasteiger partial charge in [-0.15, -0.1) is 0 Å². The van der Waals surface area contributed by atoms with E-state index in [-0.39, 0.29) is 5.37 Å². The molecule has 2 aliphatic rings. The summed E-state index contributed by atoms with van der Waals surface area (Å²) in [7, 11) is 2.85. The molecule has 0 amide bonds. The third-order valence-corrected chi connectivity index (χ3v) is 6.74. The van der Waals surface area contributed by atoms with Crippen molar-refractivity contribution in [1.82, 2.24) is 15.4 Å². The van der Waals surface area contributed by atoms with E-state index in [9.17, 15) is 20.3 Å². The van der Waals surface area contributed by atoms with Gasteiger partial charge < -0.3 is 25.6 Å². The highest BCUT2D eigenvalue weighted by Gasteiger charge is 2.25. The number of hydrogen-bond donors (Lipinski definition) is 2. The van der Waals surface area contributed by atoms with E-state index in [2.05, 4.69) is 5.32 Å². The molecule has 2 fully saturated rings. The van der Waals surface area contributed by atoms with Crippen LogP contribution in [0.3, 0.4) is 0 Å². The van der Waals surface area contributed by atoms with Gasteiger partial charge in [0.15, 0.2) is 0 Å². The Morgan fingerprint density at radius 3 is 2.50 bits per heavy atom. The molecule has 0 aromatic carbocycles. The predicted octanol–water partition coefficient (Wildman–Crippen LogP) is 2.03. The number of carboxylic acids is 1. The number of carboxylic acid groups (broad SMARTS) is 1. The van der Waals surface area contributed by atoms with Gasteiger partial charge in [-0.2, -0.15) is 0 Å². The first-order valence-electron chi connectivity index (χ1n) is 7.72. The number of rotatable bonds is 7. The largest absolute Gasteiger partial charge is 0.784 e. The average molecular weight is 349 g/mol. The first-order chi connectivity index (χ1) is 10.6. The van der Waals surface area contributed by atoms with Gasteiger partial charge in [0.2, 0.25) is 0 Å².